The first kappa shape index (κ1) is 13.9. The molecule has 2 aromatic heterocycles. The Morgan fingerprint density at radius 2 is 2.10 bits per heavy atom. The van der Waals surface area contributed by atoms with Crippen molar-refractivity contribution in [2.45, 2.75) is 45.1 Å². The summed E-state index contributed by atoms with van der Waals surface area (Å²) in [5.74, 6) is -0.500. The maximum Gasteiger partial charge on any atom is 0.248 e. The van der Waals surface area contributed by atoms with Crippen LogP contribution in [0, 0.1) is 6.92 Å². The van der Waals surface area contributed by atoms with Crippen molar-refractivity contribution in [3.05, 3.63) is 36.2 Å². The van der Waals surface area contributed by atoms with Crippen LogP contribution >= 0.6 is 0 Å². The number of amides is 1. The average molecular weight is 283 g/mol. The molecule has 0 radical (unpaired) electrons. The molecule has 1 amide bonds. The Bertz CT molecular complexity index is 708. The van der Waals surface area contributed by atoms with Gasteiger partial charge in [-0.2, -0.15) is 0 Å². The van der Waals surface area contributed by atoms with Crippen molar-refractivity contribution in [3.63, 3.8) is 0 Å². The molecule has 4 nitrogen and oxygen atoms in total. The topological polar surface area (TPSA) is 60.9 Å². The largest absolute Gasteiger partial charge is 0.366 e. The molecule has 2 heterocycles. The van der Waals surface area contributed by atoms with Crippen LogP contribution in [0.5, 0.6) is 0 Å². The summed E-state index contributed by atoms with van der Waals surface area (Å²) in [6.07, 6.45) is 10.3. The zero-order chi connectivity index (χ0) is 15.0. The molecular formula is C17H21N3O. The summed E-state index contributed by atoms with van der Waals surface area (Å²) in [5.41, 5.74) is 8.51. The van der Waals surface area contributed by atoms with E-state index >= 15 is 0 Å². The van der Waals surface area contributed by atoms with Gasteiger partial charge in [0.15, 0.2) is 0 Å². The van der Waals surface area contributed by atoms with Crippen LogP contribution in [-0.4, -0.2) is 15.5 Å². The van der Waals surface area contributed by atoms with Gasteiger partial charge in [-0.3, -0.25) is 4.79 Å². The Morgan fingerprint density at radius 3 is 2.76 bits per heavy atom. The third-order valence-electron chi connectivity index (χ3n) is 4.48. The summed E-state index contributed by atoms with van der Waals surface area (Å²) in [6, 6.07) is 2.53. The number of carbonyl (C=O) groups excluding carboxylic acids is 1. The molecule has 1 fully saturated rings. The predicted octanol–water partition coefficient (Wildman–Crippen LogP) is 3.35. The molecule has 110 valence electrons. The number of hydrogen-bond donors (Lipinski definition) is 1. The van der Waals surface area contributed by atoms with E-state index < -0.39 is 5.91 Å². The van der Waals surface area contributed by atoms with Crippen molar-refractivity contribution in [1.29, 1.82) is 0 Å². The van der Waals surface area contributed by atoms with E-state index in [1.165, 1.54) is 37.7 Å². The van der Waals surface area contributed by atoms with Crippen LogP contribution < -0.4 is 5.73 Å². The summed E-state index contributed by atoms with van der Waals surface area (Å²) >= 11 is 0. The van der Waals surface area contributed by atoms with Gasteiger partial charge in [0, 0.05) is 35.0 Å². The summed E-state index contributed by atoms with van der Waals surface area (Å²) in [7, 11) is 0. The van der Waals surface area contributed by atoms with Gasteiger partial charge in [0.1, 0.15) is 5.65 Å². The molecule has 1 aliphatic carbocycles. The fourth-order valence-electron chi connectivity index (χ4n) is 3.24. The molecule has 1 saturated carbocycles. The number of hydrogen-bond acceptors (Lipinski definition) is 2. The van der Waals surface area contributed by atoms with Crippen molar-refractivity contribution in [2.75, 3.05) is 0 Å². The van der Waals surface area contributed by atoms with Crippen molar-refractivity contribution in [3.8, 4) is 0 Å². The van der Waals surface area contributed by atoms with Gasteiger partial charge in [-0.15, -0.1) is 0 Å². The maximum absolute atomic E-state index is 11.3. The Labute approximate surface area is 124 Å². The van der Waals surface area contributed by atoms with E-state index in [1.54, 1.807) is 6.20 Å². The summed E-state index contributed by atoms with van der Waals surface area (Å²) < 4.78 is 2.31. The van der Waals surface area contributed by atoms with Gasteiger partial charge < -0.3 is 10.3 Å². The predicted molar refractivity (Wildman–Crippen MR) is 84.8 cm³/mol. The van der Waals surface area contributed by atoms with Crippen molar-refractivity contribution in [2.24, 2.45) is 5.73 Å². The lowest BCUT2D eigenvalue weighted by Crippen LogP contribution is -2.13. The molecule has 0 aliphatic heterocycles. The SMILES string of the molecule is C=C(C(N)=O)c1cnc2c(c1)c(C)cn2C1CCCCC1. The lowest BCUT2D eigenvalue weighted by atomic mass is 9.95. The van der Waals surface area contributed by atoms with Crippen molar-refractivity contribution < 1.29 is 4.79 Å². The highest BCUT2D eigenvalue weighted by Crippen LogP contribution is 2.33. The first-order valence-corrected chi connectivity index (χ1v) is 7.54. The Balaban J connectivity index is 2.05. The third kappa shape index (κ3) is 2.46. The monoisotopic (exact) mass is 283 g/mol. The fourth-order valence-corrected chi connectivity index (χ4v) is 3.24. The van der Waals surface area contributed by atoms with Gasteiger partial charge in [0.25, 0.3) is 0 Å². The number of primary amides is 1. The van der Waals surface area contributed by atoms with Gasteiger partial charge in [-0.25, -0.2) is 4.98 Å². The first-order chi connectivity index (χ1) is 10.1. The minimum Gasteiger partial charge on any atom is -0.366 e. The second kappa shape index (κ2) is 5.35. The van der Waals surface area contributed by atoms with Gasteiger partial charge in [0.2, 0.25) is 5.91 Å². The Kier molecular flexibility index (Phi) is 3.53. The molecule has 21 heavy (non-hydrogen) atoms. The zero-order valence-corrected chi connectivity index (χ0v) is 12.4. The lowest BCUT2D eigenvalue weighted by Gasteiger charge is -2.23. The molecule has 1 aliphatic rings. The van der Waals surface area contributed by atoms with E-state index in [0.717, 1.165) is 11.0 Å². The number of nitrogens with two attached hydrogens (primary N) is 1. The van der Waals surface area contributed by atoms with Crippen molar-refractivity contribution in [1.82, 2.24) is 9.55 Å². The van der Waals surface area contributed by atoms with Crippen LogP contribution in [0.2, 0.25) is 0 Å². The van der Waals surface area contributed by atoms with Crippen molar-refractivity contribution >= 4 is 22.5 Å². The highest BCUT2D eigenvalue weighted by atomic mass is 16.1. The van der Waals surface area contributed by atoms with E-state index in [-0.39, 0.29) is 0 Å². The van der Waals surface area contributed by atoms with Crippen LogP contribution in [0.3, 0.4) is 0 Å². The lowest BCUT2D eigenvalue weighted by molar-refractivity contribution is -0.112. The normalized spacial score (nSPS) is 16.2. The molecular weight excluding hydrogens is 262 g/mol. The number of pyridine rings is 1. The molecule has 0 atom stereocenters. The first-order valence-electron chi connectivity index (χ1n) is 7.54. The quantitative estimate of drug-likeness (QED) is 0.878. The maximum atomic E-state index is 11.3. The average Bonchev–Trinajstić information content (AvgIpc) is 2.84. The summed E-state index contributed by atoms with van der Waals surface area (Å²) in [4.78, 5) is 15.8. The van der Waals surface area contributed by atoms with Gasteiger partial charge in [0.05, 0.1) is 0 Å². The Hall–Kier alpha value is -2.10. The second-order valence-electron chi connectivity index (χ2n) is 5.95. The minimum atomic E-state index is -0.500. The Morgan fingerprint density at radius 1 is 1.38 bits per heavy atom. The zero-order valence-electron chi connectivity index (χ0n) is 12.4. The number of aromatic nitrogens is 2. The van der Waals surface area contributed by atoms with Crippen LogP contribution in [0.15, 0.2) is 25.0 Å². The van der Waals surface area contributed by atoms with E-state index in [4.69, 9.17) is 5.73 Å². The summed E-state index contributed by atoms with van der Waals surface area (Å²) in [5, 5.41) is 1.08. The molecule has 0 unspecified atom stereocenters. The second-order valence-corrected chi connectivity index (χ2v) is 5.95. The van der Waals surface area contributed by atoms with Crippen LogP contribution in [0.4, 0.5) is 0 Å². The number of rotatable bonds is 3. The number of fused-ring (bicyclic) bond motifs is 1. The molecule has 0 aromatic carbocycles. The van der Waals surface area contributed by atoms with E-state index in [0.29, 0.717) is 17.2 Å². The van der Waals surface area contributed by atoms with Gasteiger partial charge in [-0.1, -0.05) is 25.8 Å². The van der Waals surface area contributed by atoms with E-state index in [9.17, 15) is 4.79 Å². The molecule has 0 spiro atoms. The molecule has 2 N–H and O–H groups in total. The third-order valence-corrected chi connectivity index (χ3v) is 4.48. The van der Waals surface area contributed by atoms with Gasteiger partial charge in [-0.05, 0) is 31.4 Å². The molecule has 3 rings (SSSR count). The highest BCUT2D eigenvalue weighted by molar-refractivity contribution is 6.18. The standard InChI is InChI=1S/C17H21N3O/c1-11-10-20(14-6-4-3-5-7-14)17-15(11)8-13(9-19-17)12(2)16(18)21/h8-10,14H,2-7H2,1H3,(H2,18,21). The number of carbonyl (C=O) groups is 1. The van der Waals surface area contributed by atoms with E-state index in [1.807, 2.05) is 6.07 Å². The summed E-state index contributed by atoms with van der Waals surface area (Å²) in [6.45, 7) is 5.82. The molecule has 4 heteroatoms. The molecule has 0 saturated heterocycles. The number of aryl methyl sites for hydroxylation is 1. The highest BCUT2D eigenvalue weighted by Gasteiger charge is 2.19. The van der Waals surface area contributed by atoms with E-state index in [2.05, 4.69) is 29.3 Å². The molecule has 0 bridgehead atoms. The minimum absolute atomic E-state index is 0.314. The smallest absolute Gasteiger partial charge is 0.248 e. The van der Waals surface area contributed by atoms with Crippen LogP contribution in [0.25, 0.3) is 16.6 Å². The van der Waals surface area contributed by atoms with Crippen LogP contribution in [-0.2, 0) is 4.79 Å². The van der Waals surface area contributed by atoms with Gasteiger partial charge >= 0.3 is 0 Å². The number of nitrogens with zero attached hydrogens (tertiary/aromatic N) is 2. The fraction of sp³-hybridized carbons (Fsp3) is 0.412. The van der Waals surface area contributed by atoms with Crippen LogP contribution in [0.1, 0.15) is 49.3 Å². The molecule has 2 aromatic rings.